The van der Waals surface area contributed by atoms with Crippen molar-refractivity contribution < 1.29 is 31.2 Å². The fourth-order valence-electron chi connectivity index (χ4n) is 4.29. The van der Waals surface area contributed by atoms with E-state index in [-0.39, 0.29) is 39.3 Å². The first-order valence-corrected chi connectivity index (χ1v) is 15.7. The fraction of sp³-hybridized carbons (Fsp3) is 0.375. The number of carbonyl (C=O) groups excluding carboxylic acids is 2. The van der Waals surface area contributed by atoms with Crippen molar-refractivity contribution in [1.82, 2.24) is 8.87 Å². The summed E-state index contributed by atoms with van der Waals surface area (Å²) in [5, 5.41) is 5.24. The number of rotatable bonds is 7. The molecule has 1 atom stereocenters. The molecule has 0 spiro atoms. The first kappa shape index (κ1) is 28.1. The zero-order valence-electron chi connectivity index (χ0n) is 20.9. The highest BCUT2D eigenvalue weighted by atomic mass is 32.2. The maximum atomic E-state index is 13.1. The van der Waals surface area contributed by atoms with Crippen molar-refractivity contribution in [3.8, 4) is 0 Å². The molecule has 38 heavy (non-hydrogen) atoms. The summed E-state index contributed by atoms with van der Waals surface area (Å²) in [6.45, 7) is 3.92. The van der Waals surface area contributed by atoms with Crippen LogP contribution in [0.5, 0.6) is 0 Å². The zero-order valence-corrected chi connectivity index (χ0v) is 23.3. The van der Waals surface area contributed by atoms with Gasteiger partial charge in [0.2, 0.25) is 20.0 Å². The second-order valence-electron chi connectivity index (χ2n) is 8.85. The molecule has 0 radical (unpaired) electrons. The zero-order chi connectivity index (χ0) is 27.7. The van der Waals surface area contributed by atoms with Gasteiger partial charge in [0.05, 0.1) is 26.6 Å². The molecule has 1 aliphatic heterocycles. The van der Waals surface area contributed by atoms with E-state index >= 15 is 0 Å². The topological polar surface area (TPSA) is 158 Å². The van der Waals surface area contributed by atoms with Gasteiger partial charge in [0, 0.05) is 18.2 Å². The van der Waals surface area contributed by atoms with Gasteiger partial charge < -0.3 is 9.30 Å². The van der Waals surface area contributed by atoms with E-state index in [2.05, 4.69) is 4.99 Å². The summed E-state index contributed by atoms with van der Waals surface area (Å²) < 4.78 is 58.2. The molecule has 1 aliphatic rings. The molecular weight excluding hydrogens is 552 g/mol. The van der Waals surface area contributed by atoms with Gasteiger partial charge in [0.15, 0.2) is 4.80 Å². The molecule has 2 N–H and O–H groups in total. The number of hydrogen-bond acceptors (Lipinski definition) is 8. The van der Waals surface area contributed by atoms with Crippen LogP contribution in [0.4, 0.5) is 0 Å². The van der Waals surface area contributed by atoms with Crippen molar-refractivity contribution in [2.45, 2.75) is 55.5 Å². The highest BCUT2D eigenvalue weighted by molar-refractivity contribution is 7.89. The standard InChI is InChI=1S/C24H28N4O7S3/c1-3-35-22(29)15-27-20-12-11-19(37(25,31)32)14-21(20)36-24(27)26-23(30)17-7-9-18(10-8-17)38(33,34)28-13-5-4-6-16(28)2/h7-12,14,16H,3-6,13,15H2,1-2H3,(H2,25,31,32)/t16-/m1/s1. The quantitative estimate of drug-likeness (QED) is 0.420. The Morgan fingerprint density at radius 2 is 1.76 bits per heavy atom. The normalized spacial score (nSPS) is 17.6. The van der Waals surface area contributed by atoms with Crippen LogP contribution in [0, 0.1) is 0 Å². The number of nitrogens with zero attached hydrogens (tertiary/aromatic N) is 3. The van der Waals surface area contributed by atoms with Crippen LogP contribution in [0.15, 0.2) is 57.2 Å². The minimum atomic E-state index is -3.97. The smallest absolute Gasteiger partial charge is 0.326 e. The molecule has 0 unspecified atom stereocenters. The molecule has 11 nitrogen and oxygen atoms in total. The Balaban J connectivity index is 1.71. The van der Waals surface area contributed by atoms with E-state index in [0.29, 0.717) is 16.8 Å². The summed E-state index contributed by atoms with van der Waals surface area (Å²) in [5.41, 5.74) is 0.625. The van der Waals surface area contributed by atoms with Gasteiger partial charge in [-0.05, 0) is 69.2 Å². The second kappa shape index (κ2) is 11.1. The molecule has 2 heterocycles. The van der Waals surface area contributed by atoms with Gasteiger partial charge in [0.1, 0.15) is 6.54 Å². The third-order valence-electron chi connectivity index (χ3n) is 6.22. The van der Waals surface area contributed by atoms with Crippen molar-refractivity contribution in [3.63, 3.8) is 0 Å². The number of aromatic nitrogens is 1. The van der Waals surface area contributed by atoms with Gasteiger partial charge in [-0.1, -0.05) is 17.8 Å². The Morgan fingerprint density at radius 1 is 1.08 bits per heavy atom. The Morgan fingerprint density at radius 3 is 2.39 bits per heavy atom. The van der Waals surface area contributed by atoms with Crippen LogP contribution in [0.1, 0.15) is 43.5 Å². The molecule has 1 amide bonds. The van der Waals surface area contributed by atoms with E-state index in [1.165, 1.54) is 51.3 Å². The largest absolute Gasteiger partial charge is 0.465 e. The molecule has 3 aromatic rings. The van der Waals surface area contributed by atoms with Crippen LogP contribution >= 0.6 is 11.3 Å². The van der Waals surface area contributed by atoms with E-state index in [0.717, 1.165) is 30.6 Å². The summed E-state index contributed by atoms with van der Waals surface area (Å²) in [7, 11) is -7.66. The summed E-state index contributed by atoms with van der Waals surface area (Å²) in [5.74, 6) is -1.21. The van der Waals surface area contributed by atoms with Crippen molar-refractivity contribution in [3.05, 3.63) is 52.8 Å². The number of benzene rings is 2. The fourth-order valence-corrected chi connectivity index (χ4v) is 7.67. The van der Waals surface area contributed by atoms with Crippen molar-refractivity contribution in [1.29, 1.82) is 0 Å². The van der Waals surface area contributed by atoms with Crippen LogP contribution in [0.25, 0.3) is 10.2 Å². The molecule has 2 aromatic carbocycles. The lowest BCUT2D eigenvalue weighted by Gasteiger charge is -2.32. The summed E-state index contributed by atoms with van der Waals surface area (Å²) in [6.07, 6.45) is 2.59. The first-order chi connectivity index (χ1) is 17.9. The number of hydrogen-bond donors (Lipinski definition) is 1. The van der Waals surface area contributed by atoms with Crippen LogP contribution in [0.3, 0.4) is 0 Å². The van der Waals surface area contributed by atoms with E-state index < -0.39 is 31.9 Å². The van der Waals surface area contributed by atoms with Crippen LogP contribution in [-0.4, -0.2) is 56.8 Å². The predicted molar refractivity (Wildman–Crippen MR) is 141 cm³/mol. The third kappa shape index (κ3) is 5.89. The van der Waals surface area contributed by atoms with Gasteiger partial charge in [-0.25, -0.2) is 22.0 Å². The summed E-state index contributed by atoms with van der Waals surface area (Å²) in [6, 6.07) is 9.61. The Bertz CT molecular complexity index is 1660. The van der Waals surface area contributed by atoms with E-state index in [9.17, 15) is 26.4 Å². The van der Waals surface area contributed by atoms with E-state index in [1.54, 1.807) is 6.92 Å². The average molecular weight is 581 g/mol. The lowest BCUT2D eigenvalue weighted by molar-refractivity contribution is -0.143. The van der Waals surface area contributed by atoms with Crippen LogP contribution in [0.2, 0.25) is 0 Å². The molecule has 204 valence electrons. The molecule has 0 saturated carbocycles. The van der Waals surface area contributed by atoms with Crippen molar-refractivity contribution in [2.75, 3.05) is 13.2 Å². The van der Waals surface area contributed by atoms with Gasteiger partial charge in [0.25, 0.3) is 5.91 Å². The number of primary sulfonamides is 1. The number of fused-ring (bicyclic) bond motifs is 1. The molecule has 1 fully saturated rings. The summed E-state index contributed by atoms with van der Waals surface area (Å²) in [4.78, 5) is 29.5. The predicted octanol–water partition coefficient (Wildman–Crippen LogP) is 2.22. The Kier molecular flexibility index (Phi) is 8.18. The number of amides is 1. The first-order valence-electron chi connectivity index (χ1n) is 11.9. The number of piperidine rings is 1. The second-order valence-corrected chi connectivity index (χ2v) is 13.3. The number of esters is 1. The number of sulfonamides is 2. The number of ether oxygens (including phenoxy) is 1. The highest BCUT2D eigenvalue weighted by Crippen LogP contribution is 2.26. The molecule has 0 bridgehead atoms. The van der Waals surface area contributed by atoms with E-state index in [4.69, 9.17) is 9.88 Å². The highest BCUT2D eigenvalue weighted by Gasteiger charge is 2.31. The van der Waals surface area contributed by atoms with Gasteiger partial charge in [-0.3, -0.25) is 9.59 Å². The maximum absolute atomic E-state index is 13.1. The molecule has 0 aliphatic carbocycles. The van der Waals surface area contributed by atoms with Crippen LogP contribution in [-0.2, 0) is 36.1 Å². The molecule has 1 saturated heterocycles. The number of thiazole rings is 1. The van der Waals surface area contributed by atoms with Gasteiger partial charge in [-0.2, -0.15) is 9.30 Å². The number of carbonyl (C=O) groups is 2. The van der Waals surface area contributed by atoms with E-state index in [1.807, 2.05) is 6.92 Å². The minimum absolute atomic E-state index is 0.0948. The summed E-state index contributed by atoms with van der Waals surface area (Å²) >= 11 is 1.01. The maximum Gasteiger partial charge on any atom is 0.326 e. The Hall–Kier alpha value is -2.91. The van der Waals surface area contributed by atoms with Crippen molar-refractivity contribution >= 4 is 53.5 Å². The molecular formula is C24H28N4O7S3. The average Bonchev–Trinajstić information content (AvgIpc) is 3.19. The van der Waals surface area contributed by atoms with Gasteiger partial charge in [-0.15, -0.1) is 0 Å². The molecule has 14 heteroatoms. The van der Waals surface area contributed by atoms with Crippen LogP contribution < -0.4 is 9.94 Å². The lowest BCUT2D eigenvalue weighted by Crippen LogP contribution is -2.41. The van der Waals surface area contributed by atoms with Gasteiger partial charge >= 0.3 is 5.97 Å². The number of nitrogens with two attached hydrogens (primary N) is 1. The molecule has 4 rings (SSSR count). The minimum Gasteiger partial charge on any atom is -0.465 e. The third-order valence-corrected chi connectivity index (χ3v) is 10.2. The Labute approximate surface area is 224 Å². The van der Waals surface area contributed by atoms with Crippen molar-refractivity contribution in [2.24, 2.45) is 10.1 Å². The monoisotopic (exact) mass is 580 g/mol. The SMILES string of the molecule is CCOC(=O)Cn1c(=NC(=O)c2ccc(S(=O)(=O)N3CCCC[C@H]3C)cc2)sc2cc(S(N)(=O)=O)ccc21. The lowest BCUT2D eigenvalue weighted by atomic mass is 10.1. The molecule has 1 aromatic heterocycles.